The summed E-state index contributed by atoms with van der Waals surface area (Å²) >= 11 is 7.36. The van der Waals surface area contributed by atoms with Crippen molar-refractivity contribution in [1.29, 1.82) is 0 Å². The first-order valence-electron chi connectivity index (χ1n) is 5.51. The number of nitrogens with one attached hydrogen (secondary N) is 1. The first-order valence-corrected chi connectivity index (χ1v) is 6.77. The molecule has 0 saturated carbocycles. The van der Waals surface area contributed by atoms with Gasteiger partial charge >= 0.3 is 0 Å². The van der Waals surface area contributed by atoms with Gasteiger partial charge in [-0.05, 0) is 25.5 Å². The molecular weight excluding hydrogens is 259 g/mol. The molecule has 1 heterocycles. The maximum Gasteiger partial charge on any atom is 0.165 e. The van der Waals surface area contributed by atoms with E-state index in [-0.39, 0.29) is 11.1 Å². The first kappa shape index (κ1) is 12.7. The number of anilines is 1. The van der Waals surface area contributed by atoms with E-state index in [0.717, 1.165) is 11.6 Å². The van der Waals surface area contributed by atoms with Crippen LogP contribution in [-0.4, -0.2) is 16.5 Å². The molecule has 2 nitrogen and oxygen atoms in total. The molecule has 0 aromatic heterocycles. The Morgan fingerprint density at radius 1 is 1.47 bits per heavy atom. The Morgan fingerprint density at radius 2 is 2.24 bits per heavy atom. The Balaban J connectivity index is 2.18. The van der Waals surface area contributed by atoms with E-state index >= 15 is 0 Å². The van der Waals surface area contributed by atoms with E-state index in [4.69, 9.17) is 11.6 Å². The average molecular weight is 273 g/mol. The van der Waals surface area contributed by atoms with Gasteiger partial charge in [0.15, 0.2) is 11.0 Å². The zero-order chi connectivity index (χ0) is 12.4. The van der Waals surface area contributed by atoms with Gasteiger partial charge in [0, 0.05) is 5.25 Å². The molecular formula is C12H14ClFN2S. The highest BCUT2D eigenvalue weighted by molar-refractivity contribution is 8.14. The SMILES string of the molecule is CC1CC(C)SC(Nc2cccc(Cl)c2F)=N1. The summed E-state index contributed by atoms with van der Waals surface area (Å²) in [5.41, 5.74) is 0.380. The molecule has 2 unspecified atom stereocenters. The van der Waals surface area contributed by atoms with Crippen molar-refractivity contribution in [2.45, 2.75) is 31.6 Å². The summed E-state index contributed by atoms with van der Waals surface area (Å²) in [7, 11) is 0. The van der Waals surface area contributed by atoms with Crippen LogP contribution in [0.1, 0.15) is 20.3 Å². The van der Waals surface area contributed by atoms with Crippen molar-refractivity contribution < 1.29 is 4.39 Å². The quantitative estimate of drug-likeness (QED) is 0.830. The summed E-state index contributed by atoms with van der Waals surface area (Å²) in [5.74, 6) is -0.427. The van der Waals surface area contributed by atoms with Gasteiger partial charge in [-0.3, -0.25) is 4.99 Å². The fraction of sp³-hybridized carbons (Fsp3) is 0.417. The van der Waals surface area contributed by atoms with Crippen LogP contribution in [0.2, 0.25) is 5.02 Å². The van der Waals surface area contributed by atoms with Gasteiger partial charge in [0.25, 0.3) is 0 Å². The molecule has 1 N–H and O–H groups in total. The molecule has 1 aromatic carbocycles. The van der Waals surface area contributed by atoms with E-state index in [9.17, 15) is 4.39 Å². The number of hydrogen-bond donors (Lipinski definition) is 1. The zero-order valence-corrected chi connectivity index (χ0v) is 11.3. The topological polar surface area (TPSA) is 24.4 Å². The molecule has 17 heavy (non-hydrogen) atoms. The lowest BCUT2D eigenvalue weighted by Gasteiger charge is -2.23. The molecule has 0 fully saturated rings. The minimum absolute atomic E-state index is 0.123. The van der Waals surface area contributed by atoms with Gasteiger partial charge in [0.2, 0.25) is 0 Å². The molecule has 5 heteroatoms. The summed E-state index contributed by atoms with van der Waals surface area (Å²) in [4.78, 5) is 4.46. The Morgan fingerprint density at radius 3 is 2.94 bits per heavy atom. The van der Waals surface area contributed by atoms with Crippen molar-refractivity contribution in [1.82, 2.24) is 0 Å². The molecule has 0 spiro atoms. The molecule has 0 saturated heterocycles. The lowest BCUT2D eigenvalue weighted by atomic mass is 10.2. The van der Waals surface area contributed by atoms with Crippen molar-refractivity contribution in [3.63, 3.8) is 0 Å². The maximum absolute atomic E-state index is 13.7. The van der Waals surface area contributed by atoms with Crippen molar-refractivity contribution >= 4 is 34.2 Å². The minimum atomic E-state index is -0.427. The molecule has 1 aliphatic rings. The first-order chi connectivity index (χ1) is 8.06. The molecule has 92 valence electrons. The van der Waals surface area contributed by atoms with Crippen molar-refractivity contribution in [3.05, 3.63) is 29.0 Å². The van der Waals surface area contributed by atoms with Crippen molar-refractivity contribution in [2.24, 2.45) is 4.99 Å². The highest BCUT2D eigenvalue weighted by Crippen LogP contribution is 2.28. The number of rotatable bonds is 1. The molecule has 2 rings (SSSR count). The molecule has 1 aromatic rings. The van der Waals surface area contributed by atoms with Crippen LogP contribution >= 0.6 is 23.4 Å². The third-order valence-electron chi connectivity index (χ3n) is 2.52. The average Bonchev–Trinajstić information content (AvgIpc) is 2.23. The van der Waals surface area contributed by atoms with Gasteiger partial charge < -0.3 is 5.32 Å². The molecule has 2 atom stereocenters. The second kappa shape index (κ2) is 5.27. The second-order valence-corrected chi connectivity index (χ2v) is 6.01. The molecule has 0 radical (unpaired) electrons. The normalized spacial score (nSPS) is 24.4. The number of amidine groups is 1. The smallest absolute Gasteiger partial charge is 0.165 e. The number of thioether (sulfide) groups is 1. The lowest BCUT2D eigenvalue weighted by molar-refractivity contribution is 0.632. The van der Waals surface area contributed by atoms with Crippen LogP contribution < -0.4 is 5.32 Å². The monoisotopic (exact) mass is 272 g/mol. The number of hydrogen-bond acceptors (Lipinski definition) is 3. The highest BCUT2D eigenvalue weighted by atomic mass is 35.5. The summed E-state index contributed by atoms with van der Waals surface area (Å²) in [5, 5.41) is 4.38. The van der Waals surface area contributed by atoms with Crippen LogP contribution in [0.3, 0.4) is 0 Å². The van der Waals surface area contributed by atoms with E-state index in [1.807, 2.05) is 0 Å². The lowest BCUT2D eigenvalue weighted by Crippen LogP contribution is -2.23. The number of halogens is 2. The van der Waals surface area contributed by atoms with Crippen LogP contribution in [0.15, 0.2) is 23.2 Å². The number of aliphatic imine (C=N–C) groups is 1. The zero-order valence-electron chi connectivity index (χ0n) is 9.71. The largest absolute Gasteiger partial charge is 0.333 e. The minimum Gasteiger partial charge on any atom is -0.333 e. The van der Waals surface area contributed by atoms with E-state index in [2.05, 4.69) is 24.2 Å². The van der Waals surface area contributed by atoms with Crippen LogP contribution in [0, 0.1) is 5.82 Å². The van der Waals surface area contributed by atoms with E-state index in [1.165, 1.54) is 6.07 Å². The van der Waals surface area contributed by atoms with Crippen LogP contribution in [0.4, 0.5) is 10.1 Å². The van der Waals surface area contributed by atoms with Crippen molar-refractivity contribution in [2.75, 3.05) is 5.32 Å². The van der Waals surface area contributed by atoms with Crippen molar-refractivity contribution in [3.8, 4) is 0 Å². The fourth-order valence-electron chi connectivity index (χ4n) is 1.78. The molecule has 1 aliphatic heterocycles. The second-order valence-electron chi connectivity index (χ2n) is 4.17. The van der Waals surface area contributed by atoms with Crippen LogP contribution in [-0.2, 0) is 0 Å². The predicted molar refractivity (Wildman–Crippen MR) is 73.6 cm³/mol. The van der Waals surface area contributed by atoms with Gasteiger partial charge in [-0.15, -0.1) is 0 Å². The molecule has 0 bridgehead atoms. The van der Waals surface area contributed by atoms with E-state index < -0.39 is 5.82 Å². The maximum atomic E-state index is 13.7. The van der Waals surface area contributed by atoms with Gasteiger partial charge in [-0.2, -0.15) is 0 Å². The fourth-order valence-corrected chi connectivity index (χ4v) is 3.12. The predicted octanol–water partition coefficient (Wildman–Crippen LogP) is 4.16. The third kappa shape index (κ3) is 3.13. The summed E-state index contributed by atoms with van der Waals surface area (Å²) in [6, 6.07) is 5.18. The summed E-state index contributed by atoms with van der Waals surface area (Å²) in [6.45, 7) is 4.21. The third-order valence-corrected chi connectivity index (χ3v) is 3.83. The van der Waals surface area contributed by atoms with Gasteiger partial charge in [-0.25, -0.2) is 4.39 Å². The summed E-state index contributed by atoms with van der Waals surface area (Å²) < 4.78 is 13.7. The van der Waals surface area contributed by atoms with E-state index in [0.29, 0.717) is 10.9 Å². The van der Waals surface area contributed by atoms with E-state index in [1.54, 1.807) is 23.9 Å². The van der Waals surface area contributed by atoms with Crippen LogP contribution in [0.5, 0.6) is 0 Å². The van der Waals surface area contributed by atoms with Gasteiger partial charge in [0.1, 0.15) is 0 Å². The highest BCUT2D eigenvalue weighted by Gasteiger charge is 2.19. The van der Waals surface area contributed by atoms with Gasteiger partial charge in [-0.1, -0.05) is 36.4 Å². The number of benzene rings is 1. The number of nitrogens with zero attached hydrogens (tertiary/aromatic N) is 1. The Bertz CT molecular complexity index is 450. The molecule has 0 aliphatic carbocycles. The van der Waals surface area contributed by atoms with Gasteiger partial charge in [0.05, 0.1) is 16.8 Å². The van der Waals surface area contributed by atoms with Crippen LogP contribution in [0.25, 0.3) is 0 Å². The Hall–Kier alpha value is -0.740. The Labute approximate surface area is 110 Å². The summed E-state index contributed by atoms with van der Waals surface area (Å²) in [6.07, 6.45) is 1.05. The standard InChI is InChI=1S/C12H14ClFN2S/c1-7-6-8(2)17-12(15-7)16-10-5-3-4-9(13)11(10)14/h3-5,7-8H,6H2,1-2H3,(H,15,16). The Kier molecular flexibility index (Phi) is 3.94. The molecule has 0 amide bonds.